The first-order chi connectivity index (χ1) is 6.24. The van der Waals surface area contributed by atoms with Gasteiger partial charge in [0.15, 0.2) is 5.16 Å². The monoisotopic (exact) mass is 200 g/mol. The first-order valence-corrected chi connectivity index (χ1v) is 5.36. The Morgan fingerprint density at radius 3 is 3.00 bits per heavy atom. The fraction of sp³-hybridized carbons (Fsp3) is 0.750. The summed E-state index contributed by atoms with van der Waals surface area (Å²) in [6.45, 7) is 2.18. The summed E-state index contributed by atoms with van der Waals surface area (Å²) in [6, 6.07) is 0.570. The van der Waals surface area contributed by atoms with E-state index in [9.17, 15) is 0 Å². The maximum Gasteiger partial charge on any atom is 0.190 e. The van der Waals surface area contributed by atoms with Gasteiger partial charge in [-0.3, -0.25) is 0 Å². The Labute approximate surface area is 83.1 Å². The molecule has 0 aliphatic rings. The van der Waals surface area contributed by atoms with E-state index in [-0.39, 0.29) is 0 Å². The molecule has 4 nitrogen and oxygen atoms in total. The smallest absolute Gasteiger partial charge is 0.190 e. The zero-order valence-electron chi connectivity index (χ0n) is 8.32. The molecule has 0 radical (unpaired) electrons. The largest absolute Gasteiger partial charge is 0.317 e. The molecular formula is C8H16N4S. The highest BCUT2D eigenvalue weighted by Gasteiger charge is 2.02. The van der Waals surface area contributed by atoms with Gasteiger partial charge in [-0.05, 0) is 20.4 Å². The number of rotatable bonds is 5. The van der Waals surface area contributed by atoms with E-state index in [1.165, 1.54) is 0 Å². The van der Waals surface area contributed by atoms with Crippen LogP contribution in [-0.2, 0) is 7.05 Å². The summed E-state index contributed by atoms with van der Waals surface area (Å²) >= 11 is 1.75. The van der Waals surface area contributed by atoms with Gasteiger partial charge in [-0.1, -0.05) is 11.8 Å². The molecule has 0 spiro atoms. The minimum absolute atomic E-state index is 0.570. The lowest BCUT2D eigenvalue weighted by atomic mass is 10.3. The molecule has 0 aromatic carbocycles. The van der Waals surface area contributed by atoms with Gasteiger partial charge in [0, 0.05) is 18.8 Å². The van der Waals surface area contributed by atoms with Crippen LogP contribution in [0.2, 0.25) is 0 Å². The summed E-state index contributed by atoms with van der Waals surface area (Å²) < 4.78 is 1.94. The van der Waals surface area contributed by atoms with Gasteiger partial charge in [-0.25, -0.2) is 0 Å². The van der Waals surface area contributed by atoms with Crippen LogP contribution in [-0.4, -0.2) is 33.6 Å². The average Bonchev–Trinajstić information content (AvgIpc) is 2.52. The predicted octanol–water partition coefficient (Wildman–Crippen LogP) is 0.905. The van der Waals surface area contributed by atoms with E-state index in [2.05, 4.69) is 22.4 Å². The van der Waals surface area contributed by atoms with Crippen LogP contribution < -0.4 is 5.32 Å². The third-order valence-corrected chi connectivity index (χ3v) is 3.01. The SMILES string of the molecule is CNC(C)CCSc1nncn1C. The van der Waals surface area contributed by atoms with Gasteiger partial charge in [0.1, 0.15) is 6.33 Å². The van der Waals surface area contributed by atoms with Gasteiger partial charge < -0.3 is 9.88 Å². The highest BCUT2D eigenvalue weighted by atomic mass is 32.2. The molecule has 1 N–H and O–H groups in total. The standard InChI is InChI=1S/C8H16N4S/c1-7(9-2)4-5-13-8-11-10-6-12(8)3/h6-7,9H,4-5H2,1-3H3. The van der Waals surface area contributed by atoms with Crippen molar-refractivity contribution in [3.63, 3.8) is 0 Å². The van der Waals surface area contributed by atoms with Crippen LogP contribution in [0.3, 0.4) is 0 Å². The van der Waals surface area contributed by atoms with Crippen LogP contribution in [0.1, 0.15) is 13.3 Å². The van der Waals surface area contributed by atoms with Crippen molar-refractivity contribution in [1.82, 2.24) is 20.1 Å². The first-order valence-electron chi connectivity index (χ1n) is 4.38. The van der Waals surface area contributed by atoms with Crippen molar-refractivity contribution in [3.05, 3.63) is 6.33 Å². The van der Waals surface area contributed by atoms with E-state index in [4.69, 9.17) is 0 Å². The molecule has 1 aromatic heterocycles. The maximum atomic E-state index is 3.99. The minimum Gasteiger partial charge on any atom is -0.317 e. The second-order valence-electron chi connectivity index (χ2n) is 3.05. The lowest BCUT2D eigenvalue weighted by Crippen LogP contribution is -2.21. The van der Waals surface area contributed by atoms with E-state index >= 15 is 0 Å². The van der Waals surface area contributed by atoms with E-state index in [0.717, 1.165) is 17.3 Å². The molecule has 74 valence electrons. The quantitative estimate of drug-likeness (QED) is 0.717. The third-order valence-electron chi connectivity index (χ3n) is 1.94. The predicted molar refractivity (Wildman–Crippen MR) is 54.9 cm³/mol. The van der Waals surface area contributed by atoms with E-state index < -0.39 is 0 Å². The summed E-state index contributed by atoms with van der Waals surface area (Å²) in [6.07, 6.45) is 2.87. The summed E-state index contributed by atoms with van der Waals surface area (Å²) in [7, 11) is 3.95. The number of hydrogen-bond acceptors (Lipinski definition) is 4. The number of nitrogens with one attached hydrogen (secondary N) is 1. The van der Waals surface area contributed by atoms with Crippen LogP contribution in [0.25, 0.3) is 0 Å². The van der Waals surface area contributed by atoms with Gasteiger partial charge in [0.2, 0.25) is 0 Å². The molecule has 1 heterocycles. The first kappa shape index (κ1) is 10.5. The number of hydrogen-bond donors (Lipinski definition) is 1. The van der Waals surface area contributed by atoms with E-state index in [1.54, 1.807) is 18.1 Å². The molecule has 0 amide bonds. The Balaban J connectivity index is 2.24. The van der Waals surface area contributed by atoms with Gasteiger partial charge in [-0.15, -0.1) is 10.2 Å². The average molecular weight is 200 g/mol. The summed E-state index contributed by atoms with van der Waals surface area (Å²) in [5.41, 5.74) is 0. The van der Waals surface area contributed by atoms with Gasteiger partial charge in [0.05, 0.1) is 0 Å². The molecule has 0 bridgehead atoms. The topological polar surface area (TPSA) is 42.7 Å². The number of thioether (sulfide) groups is 1. The summed E-state index contributed by atoms with van der Waals surface area (Å²) in [5, 5.41) is 12.0. The molecular weight excluding hydrogens is 184 g/mol. The Kier molecular flexibility index (Phi) is 4.24. The summed E-state index contributed by atoms with van der Waals surface area (Å²) in [4.78, 5) is 0. The van der Waals surface area contributed by atoms with Crippen molar-refractivity contribution in [2.24, 2.45) is 7.05 Å². The Hall–Kier alpha value is -0.550. The lowest BCUT2D eigenvalue weighted by Gasteiger charge is -2.08. The lowest BCUT2D eigenvalue weighted by molar-refractivity contribution is 0.597. The van der Waals surface area contributed by atoms with Crippen LogP contribution in [0.15, 0.2) is 11.5 Å². The zero-order chi connectivity index (χ0) is 9.68. The van der Waals surface area contributed by atoms with Crippen molar-refractivity contribution < 1.29 is 0 Å². The fourth-order valence-corrected chi connectivity index (χ4v) is 1.88. The van der Waals surface area contributed by atoms with Gasteiger partial charge >= 0.3 is 0 Å². The molecule has 5 heteroatoms. The maximum absolute atomic E-state index is 3.99. The highest BCUT2D eigenvalue weighted by molar-refractivity contribution is 7.99. The van der Waals surface area contributed by atoms with Gasteiger partial charge in [-0.2, -0.15) is 0 Å². The van der Waals surface area contributed by atoms with Gasteiger partial charge in [0.25, 0.3) is 0 Å². The number of aromatic nitrogens is 3. The molecule has 1 unspecified atom stereocenters. The molecule has 1 atom stereocenters. The van der Waals surface area contributed by atoms with Crippen LogP contribution in [0.4, 0.5) is 0 Å². The normalized spacial score (nSPS) is 13.2. The Morgan fingerprint density at radius 2 is 2.46 bits per heavy atom. The molecule has 1 aromatic rings. The molecule has 0 saturated carbocycles. The molecule has 0 saturated heterocycles. The Morgan fingerprint density at radius 1 is 1.69 bits per heavy atom. The number of nitrogens with zero attached hydrogens (tertiary/aromatic N) is 3. The Bertz CT molecular complexity index is 248. The zero-order valence-corrected chi connectivity index (χ0v) is 9.14. The molecule has 1 rings (SSSR count). The highest BCUT2D eigenvalue weighted by Crippen LogP contribution is 2.14. The second-order valence-corrected chi connectivity index (χ2v) is 4.11. The van der Waals surface area contributed by atoms with E-state index in [0.29, 0.717) is 6.04 Å². The van der Waals surface area contributed by atoms with Crippen molar-refractivity contribution in [3.8, 4) is 0 Å². The number of aryl methyl sites for hydroxylation is 1. The fourth-order valence-electron chi connectivity index (χ4n) is 0.875. The molecule has 0 fully saturated rings. The van der Waals surface area contributed by atoms with Crippen molar-refractivity contribution in [2.75, 3.05) is 12.8 Å². The second kappa shape index (κ2) is 5.24. The van der Waals surface area contributed by atoms with E-state index in [1.807, 2.05) is 18.7 Å². The van der Waals surface area contributed by atoms with Crippen molar-refractivity contribution in [2.45, 2.75) is 24.5 Å². The third kappa shape index (κ3) is 3.36. The summed E-state index contributed by atoms with van der Waals surface area (Å²) in [5.74, 6) is 1.08. The minimum atomic E-state index is 0.570. The molecule has 0 aliphatic heterocycles. The van der Waals surface area contributed by atoms with Crippen molar-refractivity contribution >= 4 is 11.8 Å². The van der Waals surface area contributed by atoms with Crippen LogP contribution in [0, 0.1) is 0 Å². The molecule has 13 heavy (non-hydrogen) atoms. The van der Waals surface area contributed by atoms with Crippen LogP contribution >= 0.6 is 11.8 Å². The van der Waals surface area contributed by atoms with Crippen LogP contribution in [0.5, 0.6) is 0 Å². The van der Waals surface area contributed by atoms with Crippen molar-refractivity contribution in [1.29, 1.82) is 0 Å². The molecule has 0 aliphatic carbocycles.